The number of hydrogen-bond donors (Lipinski definition) is 0. The summed E-state index contributed by atoms with van der Waals surface area (Å²) in [5.74, 6) is -0.265. The molecule has 1 aromatic heterocycles. The minimum Gasteiger partial charge on any atom is -0.319 e. The molecule has 0 fully saturated rings. The highest BCUT2D eigenvalue weighted by Crippen LogP contribution is 2.26. The SMILES string of the molecule is Cn1c(=NC(=O)Cc2ccc(S(C)(=O)=O)cc2)sc2ccc3ccccc3c21. The molecule has 0 radical (unpaired) electrons. The Balaban J connectivity index is 1.69. The van der Waals surface area contributed by atoms with Gasteiger partial charge in [0.25, 0.3) is 5.91 Å². The van der Waals surface area contributed by atoms with E-state index in [1.165, 1.54) is 23.5 Å². The van der Waals surface area contributed by atoms with Gasteiger partial charge in [-0.1, -0.05) is 53.8 Å². The van der Waals surface area contributed by atoms with E-state index in [0.717, 1.165) is 32.8 Å². The van der Waals surface area contributed by atoms with Gasteiger partial charge in [-0.15, -0.1) is 0 Å². The maximum Gasteiger partial charge on any atom is 0.252 e. The van der Waals surface area contributed by atoms with Crippen LogP contribution in [0.2, 0.25) is 0 Å². The van der Waals surface area contributed by atoms with Crippen LogP contribution in [-0.2, 0) is 28.1 Å². The monoisotopic (exact) mass is 410 g/mol. The molecular weight excluding hydrogens is 392 g/mol. The van der Waals surface area contributed by atoms with Crippen molar-refractivity contribution in [2.75, 3.05) is 6.26 Å². The molecule has 4 aromatic rings. The Kier molecular flexibility index (Phi) is 4.64. The number of fused-ring (bicyclic) bond motifs is 3. The lowest BCUT2D eigenvalue weighted by Crippen LogP contribution is -2.14. The van der Waals surface area contributed by atoms with Gasteiger partial charge in [0.2, 0.25) is 0 Å². The lowest BCUT2D eigenvalue weighted by Gasteiger charge is -2.02. The number of amides is 1. The first-order valence-electron chi connectivity index (χ1n) is 8.67. The Morgan fingerprint density at radius 3 is 2.46 bits per heavy atom. The predicted molar refractivity (Wildman–Crippen MR) is 112 cm³/mol. The van der Waals surface area contributed by atoms with Crippen LogP contribution in [0.3, 0.4) is 0 Å². The fraction of sp³-hybridized carbons (Fsp3) is 0.143. The summed E-state index contributed by atoms with van der Waals surface area (Å²) in [4.78, 5) is 17.6. The van der Waals surface area contributed by atoms with Crippen molar-refractivity contribution in [3.05, 3.63) is 71.0 Å². The Labute approximate surface area is 166 Å². The normalized spacial score (nSPS) is 12.7. The molecule has 0 bridgehead atoms. The lowest BCUT2D eigenvalue weighted by atomic mass is 10.1. The van der Waals surface area contributed by atoms with Crippen LogP contribution in [0.5, 0.6) is 0 Å². The number of aryl methyl sites for hydroxylation is 1. The number of sulfone groups is 1. The van der Waals surface area contributed by atoms with Crippen molar-refractivity contribution in [2.24, 2.45) is 12.0 Å². The number of aromatic nitrogens is 1. The Morgan fingerprint density at radius 2 is 1.75 bits per heavy atom. The number of rotatable bonds is 3. The molecular formula is C21H18N2O3S2. The predicted octanol–water partition coefficient (Wildman–Crippen LogP) is 3.47. The maximum atomic E-state index is 12.5. The first kappa shape index (κ1) is 18.6. The van der Waals surface area contributed by atoms with Gasteiger partial charge in [-0.25, -0.2) is 8.42 Å². The van der Waals surface area contributed by atoms with E-state index in [0.29, 0.717) is 4.80 Å². The Bertz CT molecular complexity index is 1380. The molecule has 0 N–H and O–H groups in total. The van der Waals surface area contributed by atoms with E-state index in [1.54, 1.807) is 12.1 Å². The van der Waals surface area contributed by atoms with Crippen LogP contribution in [0.25, 0.3) is 21.0 Å². The number of nitrogens with zero attached hydrogens (tertiary/aromatic N) is 2. The molecule has 0 aliphatic carbocycles. The van der Waals surface area contributed by atoms with Crippen LogP contribution >= 0.6 is 11.3 Å². The van der Waals surface area contributed by atoms with Gasteiger partial charge in [-0.2, -0.15) is 4.99 Å². The van der Waals surface area contributed by atoms with Gasteiger partial charge in [0.1, 0.15) is 0 Å². The zero-order valence-electron chi connectivity index (χ0n) is 15.4. The van der Waals surface area contributed by atoms with Gasteiger partial charge >= 0.3 is 0 Å². The first-order valence-corrected chi connectivity index (χ1v) is 11.4. The highest BCUT2D eigenvalue weighted by molar-refractivity contribution is 7.90. The molecule has 142 valence electrons. The van der Waals surface area contributed by atoms with Crippen molar-refractivity contribution in [3.63, 3.8) is 0 Å². The van der Waals surface area contributed by atoms with Crippen LogP contribution in [-0.4, -0.2) is 25.1 Å². The zero-order chi connectivity index (χ0) is 19.9. The summed E-state index contributed by atoms with van der Waals surface area (Å²) in [6.07, 6.45) is 1.28. The molecule has 0 atom stereocenters. The van der Waals surface area contributed by atoms with E-state index >= 15 is 0 Å². The number of carbonyl (C=O) groups excluding carboxylic acids is 1. The minimum atomic E-state index is -3.25. The third-order valence-electron chi connectivity index (χ3n) is 4.61. The van der Waals surface area contributed by atoms with Crippen molar-refractivity contribution >= 4 is 48.1 Å². The highest BCUT2D eigenvalue weighted by atomic mass is 32.2. The minimum absolute atomic E-state index is 0.124. The van der Waals surface area contributed by atoms with Gasteiger partial charge in [0.15, 0.2) is 14.6 Å². The molecule has 1 heterocycles. The average molecular weight is 411 g/mol. The second-order valence-electron chi connectivity index (χ2n) is 6.68. The van der Waals surface area contributed by atoms with E-state index in [2.05, 4.69) is 29.3 Å². The van der Waals surface area contributed by atoms with Gasteiger partial charge < -0.3 is 4.57 Å². The second-order valence-corrected chi connectivity index (χ2v) is 9.70. The van der Waals surface area contributed by atoms with Crippen LogP contribution in [0.15, 0.2) is 70.6 Å². The Hall–Kier alpha value is -2.77. The van der Waals surface area contributed by atoms with Crippen molar-refractivity contribution in [2.45, 2.75) is 11.3 Å². The lowest BCUT2D eigenvalue weighted by molar-refractivity contribution is -0.117. The van der Waals surface area contributed by atoms with E-state index < -0.39 is 9.84 Å². The third-order valence-corrected chi connectivity index (χ3v) is 6.84. The molecule has 1 amide bonds. The highest BCUT2D eigenvalue weighted by Gasteiger charge is 2.10. The number of benzene rings is 3. The average Bonchev–Trinajstić information content (AvgIpc) is 2.97. The number of hydrogen-bond acceptors (Lipinski definition) is 4. The van der Waals surface area contributed by atoms with Gasteiger partial charge in [-0.05, 0) is 29.1 Å². The standard InChI is InChI=1S/C21H18N2O3S2/c1-23-20-17-6-4-3-5-15(17)9-12-18(20)27-21(23)22-19(24)13-14-7-10-16(11-8-14)28(2,25)26/h3-12H,13H2,1-2H3. The molecule has 3 aromatic carbocycles. The van der Waals surface area contributed by atoms with Crippen LogP contribution in [0.4, 0.5) is 0 Å². The molecule has 4 rings (SSSR count). The largest absolute Gasteiger partial charge is 0.319 e. The van der Waals surface area contributed by atoms with E-state index in [4.69, 9.17) is 0 Å². The van der Waals surface area contributed by atoms with Gasteiger partial charge in [0.05, 0.1) is 21.5 Å². The molecule has 7 heteroatoms. The molecule has 0 unspecified atom stereocenters. The van der Waals surface area contributed by atoms with Crippen molar-refractivity contribution in [1.82, 2.24) is 4.57 Å². The quantitative estimate of drug-likeness (QED) is 0.519. The van der Waals surface area contributed by atoms with E-state index in [-0.39, 0.29) is 17.2 Å². The van der Waals surface area contributed by atoms with E-state index in [1.807, 2.05) is 23.7 Å². The summed E-state index contributed by atoms with van der Waals surface area (Å²) in [7, 11) is -1.33. The maximum absolute atomic E-state index is 12.5. The molecule has 5 nitrogen and oxygen atoms in total. The van der Waals surface area contributed by atoms with Gasteiger partial charge in [-0.3, -0.25) is 4.79 Å². The van der Waals surface area contributed by atoms with Crippen molar-refractivity contribution < 1.29 is 13.2 Å². The van der Waals surface area contributed by atoms with Crippen LogP contribution in [0.1, 0.15) is 5.56 Å². The second kappa shape index (κ2) is 7.00. The molecule has 0 spiro atoms. The number of carbonyl (C=O) groups is 1. The molecule has 0 saturated heterocycles. The van der Waals surface area contributed by atoms with Crippen LogP contribution in [0, 0.1) is 0 Å². The summed E-state index contributed by atoms with van der Waals surface area (Å²) in [6, 6.07) is 18.6. The fourth-order valence-electron chi connectivity index (χ4n) is 3.20. The molecule has 28 heavy (non-hydrogen) atoms. The van der Waals surface area contributed by atoms with Crippen molar-refractivity contribution in [1.29, 1.82) is 0 Å². The van der Waals surface area contributed by atoms with Crippen molar-refractivity contribution in [3.8, 4) is 0 Å². The molecule has 0 aliphatic rings. The number of thiazole rings is 1. The third kappa shape index (κ3) is 3.50. The zero-order valence-corrected chi connectivity index (χ0v) is 17.0. The molecule has 0 saturated carbocycles. The topological polar surface area (TPSA) is 68.5 Å². The van der Waals surface area contributed by atoms with Crippen LogP contribution < -0.4 is 4.80 Å². The summed E-state index contributed by atoms with van der Waals surface area (Å²) in [6.45, 7) is 0. The smallest absolute Gasteiger partial charge is 0.252 e. The molecule has 0 aliphatic heterocycles. The summed E-state index contributed by atoms with van der Waals surface area (Å²) in [5.41, 5.74) is 1.79. The van der Waals surface area contributed by atoms with Gasteiger partial charge in [0, 0.05) is 18.7 Å². The summed E-state index contributed by atoms with van der Waals surface area (Å²) in [5, 5.41) is 2.27. The first-order chi connectivity index (χ1) is 13.3. The summed E-state index contributed by atoms with van der Waals surface area (Å²) < 4.78 is 26.1. The van der Waals surface area contributed by atoms with E-state index in [9.17, 15) is 13.2 Å². The Morgan fingerprint density at radius 1 is 1.04 bits per heavy atom. The fourth-order valence-corrected chi connectivity index (χ4v) is 4.88. The summed E-state index contributed by atoms with van der Waals surface area (Å²) >= 11 is 1.48.